The monoisotopic (exact) mass is 272 g/mol. The van der Waals surface area contributed by atoms with Gasteiger partial charge in [0.1, 0.15) is 0 Å². The van der Waals surface area contributed by atoms with Crippen molar-refractivity contribution < 1.29 is 0 Å². The Morgan fingerprint density at radius 1 is 1.05 bits per heavy atom. The molecule has 0 heterocycles. The van der Waals surface area contributed by atoms with Crippen LogP contribution in [0.4, 0.5) is 0 Å². The van der Waals surface area contributed by atoms with Gasteiger partial charge in [-0.3, -0.25) is 11.3 Å². The van der Waals surface area contributed by atoms with Crippen LogP contribution in [0.15, 0.2) is 24.3 Å². The first kappa shape index (κ1) is 14.1. The lowest BCUT2D eigenvalue weighted by Gasteiger charge is -2.41. The van der Waals surface area contributed by atoms with Crippen molar-refractivity contribution in [1.82, 2.24) is 5.43 Å². The molecule has 0 radical (unpaired) electrons. The Balaban J connectivity index is 1.77. The van der Waals surface area contributed by atoms with Crippen molar-refractivity contribution in [1.29, 1.82) is 0 Å². The van der Waals surface area contributed by atoms with Gasteiger partial charge in [0, 0.05) is 0 Å². The van der Waals surface area contributed by atoms with E-state index in [1.165, 1.54) is 62.5 Å². The molecule has 2 saturated carbocycles. The summed E-state index contributed by atoms with van der Waals surface area (Å²) >= 11 is 0. The van der Waals surface area contributed by atoms with Gasteiger partial charge >= 0.3 is 0 Å². The van der Waals surface area contributed by atoms with Crippen LogP contribution >= 0.6 is 0 Å². The molecule has 3 rings (SSSR count). The molecule has 0 bridgehead atoms. The Hall–Kier alpha value is -0.860. The predicted molar refractivity (Wildman–Crippen MR) is 84.3 cm³/mol. The third-order valence-electron chi connectivity index (χ3n) is 5.71. The van der Waals surface area contributed by atoms with E-state index in [0.29, 0.717) is 11.5 Å². The summed E-state index contributed by atoms with van der Waals surface area (Å²) in [6.45, 7) is 2.40. The zero-order valence-electron chi connectivity index (χ0n) is 12.7. The maximum absolute atomic E-state index is 5.91. The first-order valence-corrected chi connectivity index (χ1v) is 8.29. The van der Waals surface area contributed by atoms with Crippen LogP contribution in [0.2, 0.25) is 0 Å². The molecule has 2 fully saturated rings. The lowest BCUT2D eigenvalue weighted by molar-refractivity contribution is 0.145. The summed E-state index contributed by atoms with van der Waals surface area (Å²) in [5, 5.41) is 0. The Kier molecular flexibility index (Phi) is 4.13. The van der Waals surface area contributed by atoms with Crippen LogP contribution in [-0.4, -0.2) is 0 Å². The quantitative estimate of drug-likeness (QED) is 0.628. The van der Waals surface area contributed by atoms with E-state index in [0.717, 1.165) is 5.92 Å². The number of nitrogens with two attached hydrogens (primary N) is 1. The topological polar surface area (TPSA) is 38.0 Å². The van der Waals surface area contributed by atoms with Crippen molar-refractivity contribution in [2.75, 3.05) is 0 Å². The normalized spacial score (nSPS) is 24.1. The molecule has 20 heavy (non-hydrogen) atoms. The van der Waals surface area contributed by atoms with Gasteiger partial charge in [-0.15, -0.1) is 0 Å². The molecule has 2 aliphatic rings. The van der Waals surface area contributed by atoms with E-state index in [2.05, 4.69) is 36.6 Å². The summed E-state index contributed by atoms with van der Waals surface area (Å²) in [7, 11) is 0. The van der Waals surface area contributed by atoms with Crippen molar-refractivity contribution in [3.8, 4) is 0 Å². The minimum atomic E-state index is 0.290. The summed E-state index contributed by atoms with van der Waals surface area (Å²) in [5.74, 6) is 6.72. The van der Waals surface area contributed by atoms with Crippen molar-refractivity contribution in [3.05, 3.63) is 35.4 Å². The fraction of sp³-hybridized carbons (Fsp3) is 0.667. The van der Waals surface area contributed by atoms with Gasteiger partial charge in [-0.1, -0.05) is 56.9 Å². The highest BCUT2D eigenvalue weighted by Crippen LogP contribution is 2.45. The second-order valence-electron chi connectivity index (χ2n) is 7.11. The van der Waals surface area contributed by atoms with Crippen LogP contribution < -0.4 is 11.3 Å². The lowest BCUT2D eigenvalue weighted by Crippen LogP contribution is -2.41. The zero-order chi connectivity index (χ0) is 14.0. The van der Waals surface area contributed by atoms with Gasteiger partial charge in [0.05, 0.1) is 6.04 Å². The summed E-state index contributed by atoms with van der Waals surface area (Å²) in [5.41, 5.74) is 6.29. The van der Waals surface area contributed by atoms with Crippen molar-refractivity contribution in [2.24, 2.45) is 11.3 Å². The minimum Gasteiger partial charge on any atom is -0.271 e. The van der Waals surface area contributed by atoms with Gasteiger partial charge in [0.15, 0.2) is 0 Å². The molecule has 2 aliphatic carbocycles. The fourth-order valence-corrected chi connectivity index (χ4v) is 4.05. The van der Waals surface area contributed by atoms with Gasteiger partial charge in [0.25, 0.3) is 0 Å². The standard InChI is InChI=1S/C18H28N2/c1-18(12-3-2-4-13-18)17(20-19)16-10-8-15(9-11-16)14-6-5-7-14/h8-11,14,17,20H,2-7,12-13,19H2,1H3. The van der Waals surface area contributed by atoms with E-state index < -0.39 is 0 Å². The number of rotatable bonds is 4. The fourth-order valence-electron chi connectivity index (χ4n) is 4.05. The first-order valence-electron chi connectivity index (χ1n) is 8.29. The molecule has 0 aromatic heterocycles. The third kappa shape index (κ3) is 2.64. The van der Waals surface area contributed by atoms with Crippen LogP contribution in [0.3, 0.4) is 0 Å². The molecule has 1 unspecified atom stereocenters. The van der Waals surface area contributed by atoms with Crippen molar-refractivity contribution in [2.45, 2.75) is 70.3 Å². The molecule has 0 spiro atoms. The molecule has 1 aromatic rings. The second-order valence-corrected chi connectivity index (χ2v) is 7.11. The van der Waals surface area contributed by atoms with E-state index in [9.17, 15) is 0 Å². The number of hydrazine groups is 1. The number of benzene rings is 1. The van der Waals surface area contributed by atoms with Crippen molar-refractivity contribution in [3.63, 3.8) is 0 Å². The summed E-state index contributed by atoms with van der Waals surface area (Å²) in [4.78, 5) is 0. The molecular formula is C18H28N2. The van der Waals surface area contributed by atoms with E-state index in [1.807, 2.05) is 0 Å². The summed E-state index contributed by atoms with van der Waals surface area (Å²) < 4.78 is 0. The van der Waals surface area contributed by atoms with Gasteiger partial charge in [0.2, 0.25) is 0 Å². The molecule has 0 aliphatic heterocycles. The highest BCUT2D eigenvalue weighted by Gasteiger charge is 2.35. The van der Waals surface area contributed by atoms with Gasteiger partial charge in [-0.25, -0.2) is 0 Å². The molecule has 110 valence electrons. The van der Waals surface area contributed by atoms with Crippen LogP contribution in [0.1, 0.15) is 81.4 Å². The molecule has 0 saturated heterocycles. The highest BCUT2D eigenvalue weighted by atomic mass is 15.2. The number of hydrogen-bond acceptors (Lipinski definition) is 2. The van der Waals surface area contributed by atoms with Crippen LogP contribution in [-0.2, 0) is 0 Å². The second kappa shape index (κ2) is 5.87. The smallest absolute Gasteiger partial charge is 0.0513 e. The van der Waals surface area contributed by atoms with Crippen molar-refractivity contribution >= 4 is 0 Å². The highest BCUT2D eigenvalue weighted by molar-refractivity contribution is 5.29. The molecular weight excluding hydrogens is 244 g/mol. The zero-order valence-corrected chi connectivity index (χ0v) is 12.7. The molecule has 0 amide bonds. The number of hydrogen-bond donors (Lipinski definition) is 2. The first-order chi connectivity index (χ1) is 9.73. The van der Waals surface area contributed by atoms with Crippen LogP contribution in [0.25, 0.3) is 0 Å². The molecule has 2 heteroatoms. The Bertz CT molecular complexity index is 427. The minimum absolute atomic E-state index is 0.290. The summed E-state index contributed by atoms with van der Waals surface area (Å²) in [6, 6.07) is 9.56. The van der Waals surface area contributed by atoms with Gasteiger partial charge in [-0.2, -0.15) is 0 Å². The average molecular weight is 272 g/mol. The maximum atomic E-state index is 5.91. The van der Waals surface area contributed by atoms with E-state index in [-0.39, 0.29) is 0 Å². The summed E-state index contributed by atoms with van der Waals surface area (Å²) in [6.07, 6.45) is 10.8. The third-order valence-corrected chi connectivity index (χ3v) is 5.71. The predicted octanol–water partition coefficient (Wildman–Crippen LogP) is 4.43. The van der Waals surface area contributed by atoms with Gasteiger partial charge < -0.3 is 0 Å². The SMILES string of the molecule is CC1(C(NN)c2ccc(C3CCC3)cc2)CCCCC1. The maximum Gasteiger partial charge on any atom is 0.0513 e. The molecule has 2 nitrogen and oxygen atoms in total. The molecule has 3 N–H and O–H groups in total. The molecule has 1 atom stereocenters. The van der Waals surface area contributed by atoms with Gasteiger partial charge in [-0.05, 0) is 48.1 Å². The van der Waals surface area contributed by atoms with E-state index in [4.69, 9.17) is 5.84 Å². The number of nitrogens with one attached hydrogen (secondary N) is 1. The average Bonchev–Trinajstić information content (AvgIpc) is 2.40. The van der Waals surface area contributed by atoms with Crippen LogP contribution in [0.5, 0.6) is 0 Å². The Labute approximate surface area is 123 Å². The van der Waals surface area contributed by atoms with E-state index >= 15 is 0 Å². The molecule has 1 aromatic carbocycles. The largest absolute Gasteiger partial charge is 0.271 e. The Morgan fingerprint density at radius 2 is 1.70 bits per heavy atom. The lowest BCUT2D eigenvalue weighted by atomic mass is 9.68. The van der Waals surface area contributed by atoms with Crippen LogP contribution in [0, 0.1) is 5.41 Å². The van der Waals surface area contributed by atoms with E-state index in [1.54, 1.807) is 0 Å². The Morgan fingerprint density at radius 3 is 2.20 bits per heavy atom.